The molecule has 2 aromatic rings. The number of aliphatic carboxylic acids is 1. The Bertz CT molecular complexity index is 868. The van der Waals surface area contributed by atoms with Gasteiger partial charge in [-0.05, 0) is 48.4 Å². The Kier molecular flexibility index (Phi) is 4.79. The van der Waals surface area contributed by atoms with Crippen molar-refractivity contribution in [2.75, 3.05) is 13.1 Å². The summed E-state index contributed by atoms with van der Waals surface area (Å²) in [6.07, 6.45) is 6.06. The Morgan fingerprint density at radius 1 is 1.25 bits per heavy atom. The van der Waals surface area contributed by atoms with Crippen LogP contribution in [-0.2, 0) is 4.79 Å². The second-order valence-corrected chi connectivity index (χ2v) is 7.97. The lowest BCUT2D eigenvalue weighted by Gasteiger charge is -2.24. The Balaban J connectivity index is 1.41. The van der Waals surface area contributed by atoms with Gasteiger partial charge in [0, 0.05) is 25.5 Å². The minimum absolute atomic E-state index is 0.0739. The number of hydrogen-bond donors (Lipinski definition) is 2. The summed E-state index contributed by atoms with van der Waals surface area (Å²) in [7, 11) is 0. The minimum Gasteiger partial charge on any atom is -0.481 e. The predicted octanol–water partition coefficient (Wildman–Crippen LogP) is 3.71. The first-order chi connectivity index (χ1) is 13.5. The number of fused-ring (bicyclic) bond motifs is 1. The smallest absolute Gasteiger partial charge is 0.317 e. The average molecular weight is 379 g/mol. The number of likely N-dealkylation sites (tertiary alicyclic amines) is 1. The van der Waals surface area contributed by atoms with Crippen LogP contribution in [0.1, 0.15) is 37.8 Å². The van der Waals surface area contributed by atoms with E-state index in [4.69, 9.17) is 0 Å². The first-order valence-electron chi connectivity index (χ1n) is 9.79. The number of benzene rings is 1. The molecule has 2 aliphatic rings. The van der Waals surface area contributed by atoms with Crippen LogP contribution in [0.15, 0.2) is 48.8 Å². The highest BCUT2D eigenvalue weighted by Crippen LogP contribution is 2.48. The fourth-order valence-electron chi connectivity index (χ4n) is 4.65. The number of carboxylic acid groups (broad SMARTS) is 1. The molecule has 4 rings (SSSR count). The summed E-state index contributed by atoms with van der Waals surface area (Å²) >= 11 is 0. The molecule has 1 saturated heterocycles. The predicted molar refractivity (Wildman–Crippen MR) is 106 cm³/mol. The fraction of sp³-hybridized carbons (Fsp3) is 0.409. The van der Waals surface area contributed by atoms with Gasteiger partial charge < -0.3 is 15.3 Å². The zero-order chi connectivity index (χ0) is 19.7. The van der Waals surface area contributed by atoms with E-state index in [1.165, 1.54) is 0 Å². The molecule has 2 heterocycles. The van der Waals surface area contributed by atoms with Crippen LogP contribution >= 0.6 is 0 Å². The maximum atomic E-state index is 12.7. The molecule has 3 atom stereocenters. The van der Waals surface area contributed by atoms with Crippen LogP contribution in [0, 0.1) is 11.3 Å². The SMILES string of the molecule is CC(NC(=O)N1C[C@@H]2CCC[C@@]2(C(=O)O)C1)c1ccc(-c2cccnc2)cc1. The van der Waals surface area contributed by atoms with Gasteiger partial charge in [-0.25, -0.2) is 4.79 Å². The first-order valence-corrected chi connectivity index (χ1v) is 9.79. The topological polar surface area (TPSA) is 82.5 Å². The van der Waals surface area contributed by atoms with Gasteiger partial charge in [-0.15, -0.1) is 0 Å². The number of nitrogens with zero attached hydrogens (tertiary/aromatic N) is 2. The average Bonchev–Trinajstić information content (AvgIpc) is 3.27. The summed E-state index contributed by atoms with van der Waals surface area (Å²) in [5.41, 5.74) is 2.39. The normalized spacial score (nSPS) is 24.6. The van der Waals surface area contributed by atoms with Crippen LogP contribution in [0.5, 0.6) is 0 Å². The van der Waals surface area contributed by atoms with Gasteiger partial charge in [-0.3, -0.25) is 9.78 Å². The number of pyridine rings is 1. The third kappa shape index (κ3) is 3.23. The van der Waals surface area contributed by atoms with E-state index in [0.717, 1.165) is 29.5 Å². The lowest BCUT2D eigenvalue weighted by molar-refractivity contribution is -0.149. The third-order valence-corrected chi connectivity index (χ3v) is 6.33. The van der Waals surface area contributed by atoms with Crippen LogP contribution in [0.4, 0.5) is 4.79 Å². The molecule has 1 unspecified atom stereocenters. The van der Waals surface area contributed by atoms with Crippen molar-refractivity contribution in [1.29, 1.82) is 0 Å². The summed E-state index contributed by atoms with van der Waals surface area (Å²) < 4.78 is 0. The quantitative estimate of drug-likeness (QED) is 0.848. The molecule has 1 aliphatic carbocycles. The maximum absolute atomic E-state index is 12.7. The summed E-state index contributed by atoms with van der Waals surface area (Å²) in [4.78, 5) is 30.3. The Morgan fingerprint density at radius 2 is 2.04 bits per heavy atom. The van der Waals surface area contributed by atoms with Crippen LogP contribution < -0.4 is 5.32 Å². The molecule has 1 saturated carbocycles. The van der Waals surface area contributed by atoms with Crippen molar-refractivity contribution < 1.29 is 14.7 Å². The highest BCUT2D eigenvalue weighted by molar-refractivity contribution is 5.80. The van der Waals surface area contributed by atoms with Crippen LogP contribution in [0.25, 0.3) is 11.1 Å². The second-order valence-electron chi connectivity index (χ2n) is 7.97. The summed E-state index contributed by atoms with van der Waals surface area (Å²) in [6.45, 7) is 2.79. The van der Waals surface area contributed by atoms with E-state index in [-0.39, 0.29) is 18.0 Å². The van der Waals surface area contributed by atoms with E-state index in [9.17, 15) is 14.7 Å². The zero-order valence-corrected chi connectivity index (χ0v) is 16.0. The van der Waals surface area contributed by atoms with Crippen LogP contribution in [-0.4, -0.2) is 40.1 Å². The van der Waals surface area contributed by atoms with E-state index in [0.29, 0.717) is 19.5 Å². The molecule has 28 heavy (non-hydrogen) atoms. The van der Waals surface area contributed by atoms with Gasteiger partial charge in [0.25, 0.3) is 0 Å². The minimum atomic E-state index is -0.760. The van der Waals surface area contributed by atoms with E-state index in [2.05, 4.69) is 10.3 Å². The number of carbonyl (C=O) groups is 2. The number of rotatable bonds is 4. The van der Waals surface area contributed by atoms with Gasteiger partial charge in [0.05, 0.1) is 11.5 Å². The number of nitrogens with one attached hydrogen (secondary N) is 1. The van der Waals surface area contributed by atoms with E-state index in [1.54, 1.807) is 11.1 Å². The molecular weight excluding hydrogens is 354 g/mol. The molecule has 1 aromatic heterocycles. The van der Waals surface area contributed by atoms with Gasteiger partial charge in [0.2, 0.25) is 0 Å². The number of aromatic nitrogens is 1. The summed E-state index contributed by atoms with van der Waals surface area (Å²) in [5.74, 6) is -0.686. The van der Waals surface area contributed by atoms with Crippen molar-refractivity contribution >= 4 is 12.0 Å². The second kappa shape index (κ2) is 7.26. The number of hydrogen-bond acceptors (Lipinski definition) is 3. The van der Waals surface area contributed by atoms with Crippen molar-refractivity contribution in [3.63, 3.8) is 0 Å². The largest absolute Gasteiger partial charge is 0.481 e. The van der Waals surface area contributed by atoms with Crippen LogP contribution in [0.3, 0.4) is 0 Å². The lowest BCUT2D eigenvalue weighted by Crippen LogP contribution is -2.42. The van der Waals surface area contributed by atoms with Crippen molar-refractivity contribution in [3.8, 4) is 11.1 Å². The van der Waals surface area contributed by atoms with Crippen molar-refractivity contribution in [1.82, 2.24) is 15.2 Å². The highest BCUT2D eigenvalue weighted by Gasteiger charge is 2.55. The first kappa shape index (κ1) is 18.5. The molecule has 2 N–H and O–H groups in total. The number of carbonyl (C=O) groups excluding carboxylic acids is 1. The molecule has 6 nitrogen and oxygen atoms in total. The van der Waals surface area contributed by atoms with Gasteiger partial charge in [0.1, 0.15) is 0 Å². The lowest BCUT2D eigenvalue weighted by atomic mass is 9.81. The third-order valence-electron chi connectivity index (χ3n) is 6.33. The Hall–Kier alpha value is -2.89. The summed E-state index contributed by atoms with van der Waals surface area (Å²) in [6, 6.07) is 11.6. The fourth-order valence-corrected chi connectivity index (χ4v) is 4.65. The monoisotopic (exact) mass is 379 g/mol. The standard InChI is InChI=1S/C22H25N3O3/c1-15(16-6-8-17(9-7-16)18-4-3-11-23-12-18)24-21(28)25-13-19-5-2-10-22(19,14-25)20(26)27/h3-4,6-9,11-12,15,19H,2,5,10,13-14H2,1H3,(H,24,28)(H,26,27)/t15?,19-,22+/m0/s1. The van der Waals surface area contributed by atoms with Crippen molar-refractivity contribution in [2.24, 2.45) is 11.3 Å². The molecule has 146 valence electrons. The molecule has 0 bridgehead atoms. The molecule has 0 spiro atoms. The number of carboxylic acids is 1. The van der Waals surface area contributed by atoms with E-state index < -0.39 is 11.4 Å². The summed E-state index contributed by atoms with van der Waals surface area (Å²) in [5, 5.41) is 12.7. The number of amides is 2. The molecule has 0 radical (unpaired) electrons. The molecule has 2 amide bonds. The van der Waals surface area contributed by atoms with Crippen molar-refractivity contribution in [2.45, 2.75) is 32.2 Å². The molecule has 6 heteroatoms. The van der Waals surface area contributed by atoms with Crippen molar-refractivity contribution in [3.05, 3.63) is 54.4 Å². The molecule has 1 aliphatic heterocycles. The maximum Gasteiger partial charge on any atom is 0.317 e. The van der Waals surface area contributed by atoms with Gasteiger partial charge in [0.15, 0.2) is 0 Å². The molecule has 2 fully saturated rings. The van der Waals surface area contributed by atoms with Gasteiger partial charge in [-0.2, -0.15) is 0 Å². The van der Waals surface area contributed by atoms with E-state index >= 15 is 0 Å². The molecule has 1 aromatic carbocycles. The Labute approximate surface area is 164 Å². The highest BCUT2D eigenvalue weighted by atomic mass is 16.4. The zero-order valence-electron chi connectivity index (χ0n) is 16.0. The Morgan fingerprint density at radius 3 is 2.68 bits per heavy atom. The van der Waals surface area contributed by atoms with Gasteiger partial charge >= 0.3 is 12.0 Å². The van der Waals surface area contributed by atoms with Gasteiger partial charge in [-0.1, -0.05) is 36.8 Å². The van der Waals surface area contributed by atoms with E-state index in [1.807, 2.05) is 49.5 Å². The van der Waals surface area contributed by atoms with Crippen LogP contribution in [0.2, 0.25) is 0 Å². The molecular formula is C22H25N3O3. The number of urea groups is 1.